The second-order valence-electron chi connectivity index (χ2n) is 4.40. The number of carbonyl (C=O) groups excluding carboxylic acids is 1. The molecule has 0 amide bonds. The van der Waals surface area contributed by atoms with Crippen molar-refractivity contribution in [2.24, 2.45) is 0 Å². The second-order valence-corrected chi connectivity index (χ2v) is 4.40. The number of hydrogen-bond acceptors (Lipinski definition) is 3. The maximum absolute atomic E-state index is 9.89. The van der Waals surface area contributed by atoms with Gasteiger partial charge in [0.15, 0.2) is 11.5 Å². The zero-order chi connectivity index (χ0) is 16.2. The van der Waals surface area contributed by atoms with Crippen LogP contribution >= 0.6 is 0 Å². The van der Waals surface area contributed by atoms with Crippen molar-refractivity contribution >= 4 is 12.4 Å². The van der Waals surface area contributed by atoms with Crippen molar-refractivity contribution < 1.29 is 14.6 Å². The van der Waals surface area contributed by atoms with E-state index in [2.05, 4.69) is 6.58 Å². The van der Waals surface area contributed by atoms with E-state index < -0.39 is 0 Å². The molecule has 114 valence electrons. The predicted molar refractivity (Wildman–Crippen MR) is 90.1 cm³/mol. The summed E-state index contributed by atoms with van der Waals surface area (Å²) in [7, 11) is 1.53. The van der Waals surface area contributed by atoms with Crippen molar-refractivity contribution in [1.82, 2.24) is 0 Å². The Bertz CT molecular complexity index is 616. The summed E-state index contributed by atoms with van der Waals surface area (Å²) in [6, 6.07) is 15.0. The molecule has 0 spiro atoms. The number of aldehydes is 1. The van der Waals surface area contributed by atoms with Gasteiger partial charge in [-0.15, -0.1) is 6.58 Å². The third kappa shape index (κ3) is 6.09. The Kier molecular flexibility index (Phi) is 7.83. The Labute approximate surface area is 131 Å². The third-order valence-corrected chi connectivity index (χ3v) is 2.79. The Morgan fingerprint density at radius 3 is 2.50 bits per heavy atom. The fourth-order valence-corrected chi connectivity index (χ4v) is 1.73. The maximum Gasteiger partial charge on any atom is 0.160 e. The van der Waals surface area contributed by atoms with Gasteiger partial charge in [0.2, 0.25) is 0 Å². The van der Waals surface area contributed by atoms with Gasteiger partial charge in [-0.1, -0.05) is 48.6 Å². The van der Waals surface area contributed by atoms with E-state index in [4.69, 9.17) is 4.74 Å². The summed E-state index contributed by atoms with van der Waals surface area (Å²) in [5, 5.41) is 9.25. The highest BCUT2D eigenvalue weighted by Gasteiger charge is 2.00. The molecule has 0 unspecified atom stereocenters. The number of phenolic OH excluding ortho intramolecular Hbond substituents is 1. The summed E-state index contributed by atoms with van der Waals surface area (Å²) in [5.41, 5.74) is 2.13. The first-order valence-corrected chi connectivity index (χ1v) is 6.85. The van der Waals surface area contributed by atoms with E-state index >= 15 is 0 Å². The van der Waals surface area contributed by atoms with Gasteiger partial charge in [-0.05, 0) is 35.8 Å². The van der Waals surface area contributed by atoms with Gasteiger partial charge < -0.3 is 9.84 Å². The van der Waals surface area contributed by atoms with Crippen LogP contribution in [-0.2, 0) is 11.2 Å². The molecule has 2 aromatic carbocycles. The minimum Gasteiger partial charge on any atom is -0.504 e. The van der Waals surface area contributed by atoms with Gasteiger partial charge >= 0.3 is 0 Å². The van der Waals surface area contributed by atoms with E-state index in [0.717, 1.165) is 23.8 Å². The summed E-state index contributed by atoms with van der Waals surface area (Å²) in [6.45, 7) is 3.63. The second kappa shape index (κ2) is 10.00. The van der Waals surface area contributed by atoms with Gasteiger partial charge in [-0.2, -0.15) is 0 Å². The van der Waals surface area contributed by atoms with Gasteiger partial charge in [0, 0.05) is 0 Å². The van der Waals surface area contributed by atoms with Crippen molar-refractivity contribution in [3.05, 3.63) is 78.4 Å². The first kappa shape index (κ1) is 17.2. The molecule has 0 radical (unpaired) electrons. The van der Waals surface area contributed by atoms with E-state index in [-0.39, 0.29) is 5.75 Å². The highest BCUT2D eigenvalue weighted by atomic mass is 16.5. The number of ether oxygens (including phenoxy) is 1. The summed E-state index contributed by atoms with van der Waals surface area (Å²) in [5.74, 6) is 0.680. The molecular formula is C19H20O3. The van der Waals surface area contributed by atoms with Crippen LogP contribution in [0.1, 0.15) is 11.1 Å². The summed E-state index contributed by atoms with van der Waals surface area (Å²) < 4.78 is 4.95. The molecule has 3 nitrogen and oxygen atoms in total. The van der Waals surface area contributed by atoms with Crippen LogP contribution in [0.25, 0.3) is 6.08 Å². The van der Waals surface area contributed by atoms with Crippen molar-refractivity contribution in [1.29, 1.82) is 0 Å². The molecule has 0 aliphatic carbocycles. The number of rotatable bonds is 5. The number of benzene rings is 2. The Morgan fingerprint density at radius 2 is 1.91 bits per heavy atom. The number of phenols is 1. The fraction of sp³-hybridized carbons (Fsp3) is 0.105. The summed E-state index contributed by atoms with van der Waals surface area (Å²) in [6.07, 6.45) is 6.62. The standard InChI is InChI=1S/C10H12O2.C9H8O/c1-3-4-8-5-6-9(11)10(7-8)12-2;10-8-4-7-9-5-2-1-3-6-9/h3,5-7,11H,1,4H2,2H3;1-8H/b;7-4+. The highest BCUT2D eigenvalue weighted by Crippen LogP contribution is 2.26. The molecule has 0 fully saturated rings. The van der Waals surface area contributed by atoms with E-state index in [1.807, 2.05) is 42.5 Å². The molecule has 22 heavy (non-hydrogen) atoms. The van der Waals surface area contributed by atoms with Gasteiger partial charge in [0.1, 0.15) is 6.29 Å². The lowest BCUT2D eigenvalue weighted by atomic mass is 10.1. The summed E-state index contributed by atoms with van der Waals surface area (Å²) in [4.78, 5) is 9.89. The molecule has 0 aliphatic rings. The number of aromatic hydroxyl groups is 1. The van der Waals surface area contributed by atoms with Crippen molar-refractivity contribution in [2.45, 2.75) is 6.42 Å². The van der Waals surface area contributed by atoms with Crippen LogP contribution in [0.15, 0.2) is 67.3 Å². The Hall–Kier alpha value is -2.81. The molecule has 0 bridgehead atoms. The molecule has 0 heterocycles. The lowest BCUT2D eigenvalue weighted by molar-refractivity contribution is -0.104. The van der Waals surface area contributed by atoms with Gasteiger partial charge in [0.25, 0.3) is 0 Å². The number of hydrogen-bond donors (Lipinski definition) is 1. The molecule has 0 saturated heterocycles. The molecule has 2 rings (SSSR count). The first-order valence-electron chi connectivity index (χ1n) is 6.85. The van der Waals surface area contributed by atoms with Crippen molar-refractivity contribution in [2.75, 3.05) is 7.11 Å². The van der Waals surface area contributed by atoms with Crippen LogP contribution in [0.4, 0.5) is 0 Å². The van der Waals surface area contributed by atoms with Crippen LogP contribution < -0.4 is 4.74 Å². The SMILES string of the molecule is C=CCc1ccc(O)c(OC)c1.O=C/C=C/c1ccccc1. The maximum atomic E-state index is 9.89. The van der Waals surface area contributed by atoms with Crippen molar-refractivity contribution in [3.63, 3.8) is 0 Å². The van der Waals surface area contributed by atoms with Crippen LogP contribution in [0.5, 0.6) is 11.5 Å². The molecule has 0 aliphatic heterocycles. The quantitative estimate of drug-likeness (QED) is 0.515. The molecule has 1 N–H and O–H groups in total. The normalized spacial score (nSPS) is 9.68. The topological polar surface area (TPSA) is 46.5 Å². The third-order valence-electron chi connectivity index (χ3n) is 2.79. The fourth-order valence-electron chi connectivity index (χ4n) is 1.73. The van der Waals surface area contributed by atoms with Gasteiger partial charge in [-0.3, -0.25) is 4.79 Å². The van der Waals surface area contributed by atoms with Crippen LogP contribution in [0.3, 0.4) is 0 Å². The van der Waals surface area contributed by atoms with Gasteiger partial charge in [0.05, 0.1) is 7.11 Å². The van der Waals surface area contributed by atoms with Crippen LogP contribution in [0, 0.1) is 0 Å². The zero-order valence-corrected chi connectivity index (χ0v) is 12.6. The molecule has 0 aromatic heterocycles. The van der Waals surface area contributed by atoms with Gasteiger partial charge in [-0.25, -0.2) is 0 Å². The largest absolute Gasteiger partial charge is 0.504 e. The zero-order valence-electron chi connectivity index (χ0n) is 12.6. The molecule has 0 saturated carbocycles. The van der Waals surface area contributed by atoms with Crippen LogP contribution in [-0.4, -0.2) is 18.5 Å². The van der Waals surface area contributed by atoms with E-state index in [1.165, 1.54) is 13.2 Å². The number of carbonyl (C=O) groups is 1. The number of methoxy groups -OCH3 is 1. The average molecular weight is 296 g/mol. The lowest BCUT2D eigenvalue weighted by Crippen LogP contribution is -1.86. The highest BCUT2D eigenvalue weighted by molar-refractivity contribution is 5.73. The lowest BCUT2D eigenvalue weighted by Gasteiger charge is -2.04. The Morgan fingerprint density at radius 1 is 1.18 bits per heavy atom. The van der Waals surface area contributed by atoms with E-state index in [0.29, 0.717) is 5.75 Å². The van der Waals surface area contributed by atoms with E-state index in [1.54, 1.807) is 18.2 Å². The minimum atomic E-state index is 0.172. The first-order chi connectivity index (χ1) is 10.7. The average Bonchev–Trinajstić information content (AvgIpc) is 2.56. The van der Waals surface area contributed by atoms with Crippen molar-refractivity contribution in [3.8, 4) is 11.5 Å². The summed E-state index contributed by atoms with van der Waals surface area (Å²) >= 11 is 0. The minimum absolute atomic E-state index is 0.172. The number of allylic oxidation sites excluding steroid dienone is 2. The molecule has 0 atom stereocenters. The molecular weight excluding hydrogens is 276 g/mol. The molecule has 2 aromatic rings. The van der Waals surface area contributed by atoms with E-state index in [9.17, 15) is 9.90 Å². The Balaban J connectivity index is 0.000000224. The van der Waals surface area contributed by atoms with Crippen LogP contribution in [0.2, 0.25) is 0 Å². The molecule has 3 heteroatoms. The smallest absolute Gasteiger partial charge is 0.160 e. The predicted octanol–water partition coefficient (Wildman–Crippen LogP) is 4.03. The monoisotopic (exact) mass is 296 g/mol.